The second-order valence-electron chi connectivity index (χ2n) is 6.68. The summed E-state index contributed by atoms with van der Waals surface area (Å²) in [4.78, 5) is 30.2. The van der Waals surface area contributed by atoms with Gasteiger partial charge in [-0.15, -0.1) is 0 Å². The molecule has 6 heteroatoms. The molecule has 1 fully saturated rings. The van der Waals surface area contributed by atoms with Crippen molar-refractivity contribution in [1.82, 2.24) is 19.8 Å². The van der Waals surface area contributed by atoms with Gasteiger partial charge in [-0.05, 0) is 18.4 Å². The van der Waals surface area contributed by atoms with E-state index < -0.39 is 0 Å². The number of nitrogens with one attached hydrogen (secondary N) is 1. The van der Waals surface area contributed by atoms with Crippen LogP contribution in [0.5, 0.6) is 0 Å². The van der Waals surface area contributed by atoms with Gasteiger partial charge in [-0.2, -0.15) is 0 Å². The maximum absolute atomic E-state index is 12.1. The Bertz CT molecular complexity index is 726. The molecular formula is C20H26N4O2. The number of likely N-dealkylation sites (tertiary alicyclic amines) is 1. The second-order valence-corrected chi connectivity index (χ2v) is 6.68. The van der Waals surface area contributed by atoms with E-state index >= 15 is 0 Å². The number of benzene rings is 1. The SMILES string of the molecule is O=C(CN1CCCCCC1=O)NCCc1nccn1Cc1ccccc1. The third-order valence-electron chi connectivity index (χ3n) is 4.67. The molecule has 3 rings (SSSR count). The van der Waals surface area contributed by atoms with Gasteiger partial charge < -0.3 is 14.8 Å². The minimum Gasteiger partial charge on any atom is -0.354 e. The van der Waals surface area contributed by atoms with Crippen LogP contribution in [0.1, 0.15) is 37.1 Å². The Kier molecular flexibility index (Phi) is 6.41. The van der Waals surface area contributed by atoms with Crippen LogP contribution in [-0.4, -0.2) is 45.9 Å². The van der Waals surface area contributed by atoms with Crippen molar-refractivity contribution in [3.63, 3.8) is 0 Å². The molecule has 2 amide bonds. The Morgan fingerprint density at radius 1 is 1.15 bits per heavy atom. The number of nitrogens with zero attached hydrogens (tertiary/aromatic N) is 3. The van der Waals surface area contributed by atoms with Gasteiger partial charge in [-0.3, -0.25) is 9.59 Å². The Hall–Kier alpha value is -2.63. The summed E-state index contributed by atoms with van der Waals surface area (Å²) >= 11 is 0. The fourth-order valence-electron chi connectivity index (χ4n) is 3.24. The molecule has 0 radical (unpaired) electrons. The first-order valence-corrected chi connectivity index (χ1v) is 9.31. The van der Waals surface area contributed by atoms with Gasteiger partial charge in [-0.1, -0.05) is 36.8 Å². The van der Waals surface area contributed by atoms with Crippen LogP contribution in [0.2, 0.25) is 0 Å². The molecule has 1 aromatic heterocycles. The van der Waals surface area contributed by atoms with E-state index in [2.05, 4.69) is 27.0 Å². The van der Waals surface area contributed by atoms with Crippen LogP contribution in [0.25, 0.3) is 0 Å². The van der Waals surface area contributed by atoms with Gasteiger partial charge in [-0.25, -0.2) is 4.98 Å². The molecule has 1 aromatic carbocycles. The first kappa shape index (κ1) is 18.2. The summed E-state index contributed by atoms with van der Waals surface area (Å²) in [6.45, 7) is 2.14. The molecule has 26 heavy (non-hydrogen) atoms. The van der Waals surface area contributed by atoms with Crippen LogP contribution in [0.3, 0.4) is 0 Å². The van der Waals surface area contributed by atoms with Crippen molar-refractivity contribution in [2.45, 2.75) is 38.6 Å². The third kappa shape index (κ3) is 5.18. The highest BCUT2D eigenvalue weighted by molar-refractivity contribution is 5.84. The normalized spacial score (nSPS) is 14.9. The predicted molar refractivity (Wildman–Crippen MR) is 99.5 cm³/mol. The Labute approximate surface area is 154 Å². The predicted octanol–water partition coefficient (Wildman–Crippen LogP) is 1.99. The van der Waals surface area contributed by atoms with E-state index in [4.69, 9.17) is 0 Å². The van der Waals surface area contributed by atoms with Gasteiger partial charge in [0, 0.05) is 44.9 Å². The topological polar surface area (TPSA) is 67.2 Å². The maximum Gasteiger partial charge on any atom is 0.239 e. The van der Waals surface area contributed by atoms with Crippen molar-refractivity contribution < 1.29 is 9.59 Å². The number of carbonyl (C=O) groups excluding carboxylic acids is 2. The highest BCUT2D eigenvalue weighted by Gasteiger charge is 2.18. The number of aromatic nitrogens is 2. The molecule has 1 N–H and O–H groups in total. The average molecular weight is 354 g/mol. The zero-order valence-corrected chi connectivity index (χ0v) is 15.1. The van der Waals surface area contributed by atoms with Gasteiger partial charge in [0.15, 0.2) is 0 Å². The summed E-state index contributed by atoms with van der Waals surface area (Å²) in [7, 11) is 0. The lowest BCUT2D eigenvalue weighted by Gasteiger charge is -2.19. The summed E-state index contributed by atoms with van der Waals surface area (Å²) in [6.07, 6.45) is 7.95. The van der Waals surface area contributed by atoms with E-state index in [9.17, 15) is 9.59 Å². The van der Waals surface area contributed by atoms with Crippen molar-refractivity contribution >= 4 is 11.8 Å². The van der Waals surface area contributed by atoms with Gasteiger partial charge >= 0.3 is 0 Å². The molecule has 0 atom stereocenters. The van der Waals surface area contributed by atoms with Gasteiger partial charge in [0.1, 0.15) is 5.82 Å². The van der Waals surface area contributed by atoms with Crippen LogP contribution >= 0.6 is 0 Å². The molecule has 1 aliphatic rings. The molecule has 2 heterocycles. The van der Waals surface area contributed by atoms with E-state index in [1.807, 2.05) is 24.4 Å². The second kappa shape index (κ2) is 9.17. The lowest BCUT2D eigenvalue weighted by Crippen LogP contribution is -2.41. The molecule has 0 unspecified atom stereocenters. The number of hydrogen-bond acceptors (Lipinski definition) is 3. The quantitative estimate of drug-likeness (QED) is 0.827. The molecule has 2 aromatic rings. The van der Waals surface area contributed by atoms with Crippen molar-refractivity contribution in [3.05, 3.63) is 54.1 Å². The molecule has 138 valence electrons. The first-order chi connectivity index (χ1) is 12.7. The minimum absolute atomic E-state index is 0.0936. The number of amides is 2. The van der Waals surface area contributed by atoms with Crippen molar-refractivity contribution in [3.8, 4) is 0 Å². The monoisotopic (exact) mass is 354 g/mol. The zero-order valence-electron chi connectivity index (χ0n) is 15.1. The van der Waals surface area contributed by atoms with Crippen LogP contribution in [0, 0.1) is 0 Å². The van der Waals surface area contributed by atoms with E-state index in [0.717, 1.165) is 31.6 Å². The maximum atomic E-state index is 12.1. The van der Waals surface area contributed by atoms with E-state index in [1.54, 1.807) is 11.1 Å². The smallest absolute Gasteiger partial charge is 0.239 e. The summed E-state index contributed by atoms with van der Waals surface area (Å²) in [5.74, 6) is 0.942. The average Bonchev–Trinajstić information content (AvgIpc) is 2.98. The summed E-state index contributed by atoms with van der Waals surface area (Å²) < 4.78 is 2.10. The molecule has 0 bridgehead atoms. The van der Waals surface area contributed by atoms with Crippen LogP contribution in [0.4, 0.5) is 0 Å². The molecule has 1 saturated heterocycles. The number of hydrogen-bond donors (Lipinski definition) is 1. The summed E-state index contributed by atoms with van der Waals surface area (Å²) in [5, 5.41) is 2.91. The highest BCUT2D eigenvalue weighted by atomic mass is 16.2. The van der Waals surface area contributed by atoms with E-state index in [0.29, 0.717) is 25.9 Å². The van der Waals surface area contributed by atoms with Crippen LogP contribution in [0.15, 0.2) is 42.7 Å². The van der Waals surface area contributed by atoms with Crippen molar-refractivity contribution in [2.24, 2.45) is 0 Å². The Morgan fingerprint density at radius 2 is 2.00 bits per heavy atom. The molecule has 6 nitrogen and oxygen atoms in total. The number of carbonyl (C=O) groups is 2. The lowest BCUT2D eigenvalue weighted by molar-refractivity contribution is -0.135. The highest BCUT2D eigenvalue weighted by Crippen LogP contribution is 2.10. The van der Waals surface area contributed by atoms with Gasteiger partial charge in [0.2, 0.25) is 11.8 Å². The number of rotatable bonds is 7. The lowest BCUT2D eigenvalue weighted by atomic mass is 10.2. The van der Waals surface area contributed by atoms with Crippen molar-refractivity contribution in [2.75, 3.05) is 19.6 Å². The Balaban J connectivity index is 1.45. The molecule has 0 saturated carbocycles. The Morgan fingerprint density at radius 3 is 2.85 bits per heavy atom. The van der Waals surface area contributed by atoms with E-state index in [-0.39, 0.29) is 18.4 Å². The third-order valence-corrected chi connectivity index (χ3v) is 4.67. The zero-order chi connectivity index (χ0) is 18.2. The van der Waals surface area contributed by atoms with Gasteiger partial charge in [0.25, 0.3) is 0 Å². The molecule has 0 aliphatic carbocycles. The van der Waals surface area contributed by atoms with Crippen molar-refractivity contribution in [1.29, 1.82) is 0 Å². The van der Waals surface area contributed by atoms with Crippen LogP contribution in [-0.2, 0) is 22.6 Å². The summed E-state index contributed by atoms with van der Waals surface area (Å²) in [6, 6.07) is 10.2. The largest absolute Gasteiger partial charge is 0.354 e. The fourth-order valence-corrected chi connectivity index (χ4v) is 3.24. The number of imidazole rings is 1. The first-order valence-electron chi connectivity index (χ1n) is 9.31. The van der Waals surface area contributed by atoms with Gasteiger partial charge in [0.05, 0.1) is 6.54 Å². The fraction of sp³-hybridized carbons (Fsp3) is 0.450. The summed E-state index contributed by atoms with van der Waals surface area (Å²) in [5.41, 5.74) is 1.22. The minimum atomic E-state index is -0.0959. The molecule has 1 aliphatic heterocycles. The standard InChI is InChI=1S/C20H26N4O2/c25-19(16-24-13-6-2-5-9-20(24)26)22-11-10-18-21-12-14-23(18)15-17-7-3-1-4-8-17/h1,3-4,7-8,12,14H,2,5-6,9-11,13,15-16H2,(H,22,25). The molecular weight excluding hydrogens is 328 g/mol. The van der Waals surface area contributed by atoms with E-state index in [1.165, 1.54) is 5.56 Å². The molecule has 0 spiro atoms. The van der Waals surface area contributed by atoms with Crippen LogP contribution < -0.4 is 5.32 Å².